The first-order valence-corrected chi connectivity index (χ1v) is 10.1. The molecular weight excluding hydrogens is 320 g/mol. The van der Waals surface area contributed by atoms with Crippen molar-refractivity contribution >= 4 is 5.97 Å². The van der Waals surface area contributed by atoms with Crippen molar-refractivity contribution in [3.63, 3.8) is 0 Å². The highest BCUT2D eigenvalue weighted by Gasteiger charge is 2.23. The highest BCUT2D eigenvalue weighted by Crippen LogP contribution is 2.40. The molecule has 0 spiro atoms. The van der Waals surface area contributed by atoms with E-state index < -0.39 is 5.97 Å². The van der Waals surface area contributed by atoms with E-state index in [0.717, 1.165) is 0 Å². The Labute approximate surface area is 157 Å². The third kappa shape index (κ3) is 4.75. The number of hydrogen-bond acceptors (Lipinski definition) is 1. The Kier molecular flexibility index (Phi) is 6.49. The molecule has 1 aliphatic rings. The normalized spacial score (nSPS) is 20.0. The number of carboxylic acid groups (broad SMARTS) is 1. The molecule has 0 radical (unpaired) electrons. The van der Waals surface area contributed by atoms with Crippen LogP contribution in [0, 0.1) is 0 Å². The van der Waals surface area contributed by atoms with Gasteiger partial charge in [0.2, 0.25) is 0 Å². The molecule has 1 N–H and O–H groups in total. The van der Waals surface area contributed by atoms with Crippen LogP contribution in [0.4, 0.5) is 0 Å². The van der Waals surface area contributed by atoms with Crippen molar-refractivity contribution < 1.29 is 9.90 Å². The summed E-state index contributed by atoms with van der Waals surface area (Å²) in [5, 5.41) is 9.03. The van der Waals surface area contributed by atoms with Crippen LogP contribution in [0.2, 0.25) is 0 Å². The molecule has 0 heterocycles. The summed E-state index contributed by atoms with van der Waals surface area (Å²) in [6.45, 7) is 2.25. The molecule has 0 aliphatic heterocycles. The van der Waals surface area contributed by atoms with Crippen LogP contribution in [0.1, 0.15) is 90.8 Å². The molecule has 1 saturated carbocycles. The lowest BCUT2D eigenvalue weighted by Crippen LogP contribution is -2.12. The predicted octanol–water partition coefficient (Wildman–Crippen LogP) is 6.56. The summed E-state index contributed by atoms with van der Waals surface area (Å²) in [6.07, 6.45) is 9.92. The molecular formula is C24H30O2. The fourth-order valence-electron chi connectivity index (χ4n) is 4.19. The smallest absolute Gasteiger partial charge is 0.335 e. The Bertz CT molecular complexity index is 692. The average Bonchev–Trinajstić information content (AvgIpc) is 2.69. The molecule has 0 unspecified atom stereocenters. The van der Waals surface area contributed by atoms with Gasteiger partial charge < -0.3 is 5.11 Å². The molecule has 2 nitrogen and oxygen atoms in total. The van der Waals surface area contributed by atoms with E-state index in [1.807, 2.05) is 12.1 Å². The van der Waals surface area contributed by atoms with Crippen molar-refractivity contribution in [2.45, 2.75) is 70.1 Å². The van der Waals surface area contributed by atoms with Crippen LogP contribution in [-0.2, 0) is 6.42 Å². The summed E-state index contributed by atoms with van der Waals surface area (Å²) >= 11 is 0. The van der Waals surface area contributed by atoms with Crippen molar-refractivity contribution in [3.8, 4) is 0 Å². The molecule has 0 aromatic heterocycles. The van der Waals surface area contributed by atoms with Crippen LogP contribution in [0.15, 0.2) is 48.5 Å². The highest BCUT2D eigenvalue weighted by molar-refractivity contribution is 5.87. The topological polar surface area (TPSA) is 37.3 Å². The van der Waals surface area contributed by atoms with Gasteiger partial charge >= 0.3 is 5.97 Å². The maximum absolute atomic E-state index is 11.0. The zero-order valence-electron chi connectivity index (χ0n) is 15.8. The second kappa shape index (κ2) is 9.02. The quantitative estimate of drug-likeness (QED) is 0.574. The van der Waals surface area contributed by atoms with Crippen molar-refractivity contribution in [1.82, 2.24) is 0 Å². The van der Waals surface area contributed by atoms with E-state index in [0.29, 0.717) is 17.4 Å². The highest BCUT2D eigenvalue weighted by atomic mass is 16.4. The summed E-state index contributed by atoms with van der Waals surface area (Å²) in [7, 11) is 0. The predicted molar refractivity (Wildman–Crippen MR) is 107 cm³/mol. The standard InChI is InChI=1S/C24H30O2/c1-2-3-4-5-18-6-8-19(9-7-18)20-10-12-21(13-11-20)22-14-16-23(17-15-22)24(25)26/h6-9,14-17,20-21H,2-5,10-13H2,1H3,(H,25,26)/t20-,21-. The Balaban J connectivity index is 1.53. The molecule has 1 aliphatic carbocycles. The average molecular weight is 351 g/mol. The molecule has 0 saturated heterocycles. The van der Waals surface area contributed by atoms with Gasteiger partial charge in [-0.2, -0.15) is 0 Å². The van der Waals surface area contributed by atoms with Gasteiger partial charge in [-0.25, -0.2) is 4.79 Å². The summed E-state index contributed by atoms with van der Waals surface area (Å²) in [6, 6.07) is 16.8. The first-order chi connectivity index (χ1) is 12.7. The van der Waals surface area contributed by atoms with Gasteiger partial charge in [0.1, 0.15) is 0 Å². The van der Waals surface area contributed by atoms with Crippen LogP contribution in [0.3, 0.4) is 0 Å². The molecule has 3 rings (SSSR count). The summed E-state index contributed by atoms with van der Waals surface area (Å²) < 4.78 is 0. The molecule has 2 heteroatoms. The zero-order chi connectivity index (χ0) is 18.4. The largest absolute Gasteiger partial charge is 0.478 e. The van der Waals surface area contributed by atoms with Gasteiger partial charge in [-0.15, -0.1) is 0 Å². The van der Waals surface area contributed by atoms with Gasteiger partial charge in [0, 0.05) is 0 Å². The van der Waals surface area contributed by atoms with Crippen molar-refractivity contribution in [3.05, 3.63) is 70.8 Å². The summed E-state index contributed by atoms with van der Waals surface area (Å²) in [5.74, 6) is 0.398. The second-order valence-corrected chi connectivity index (χ2v) is 7.67. The van der Waals surface area contributed by atoms with Gasteiger partial charge in [0.15, 0.2) is 0 Å². The number of aryl methyl sites for hydroxylation is 1. The molecule has 138 valence electrons. The first kappa shape index (κ1) is 18.7. The van der Waals surface area contributed by atoms with Crippen LogP contribution in [0.25, 0.3) is 0 Å². The van der Waals surface area contributed by atoms with E-state index in [9.17, 15) is 4.79 Å². The lowest BCUT2D eigenvalue weighted by atomic mass is 9.76. The van der Waals surface area contributed by atoms with Gasteiger partial charge in [-0.1, -0.05) is 56.2 Å². The SMILES string of the molecule is CCCCCc1ccc([C@H]2CC[C@H](c3ccc(C(=O)O)cc3)CC2)cc1. The molecule has 0 amide bonds. The maximum atomic E-state index is 11.0. The molecule has 1 fully saturated rings. The number of rotatable bonds is 7. The van der Waals surface area contributed by atoms with Gasteiger partial charge in [-0.3, -0.25) is 0 Å². The van der Waals surface area contributed by atoms with Crippen LogP contribution in [-0.4, -0.2) is 11.1 Å². The lowest BCUT2D eigenvalue weighted by molar-refractivity contribution is 0.0697. The number of carboxylic acids is 1. The van der Waals surface area contributed by atoms with E-state index >= 15 is 0 Å². The van der Waals surface area contributed by atoms with Crippen molar-refractivity contribution in [2.24, 2.45) is 0 Å². The van der Waals surface area contributed by atoms with E-state index in [1.165, 1.54) is 68.1 Å². The summed E-state index contributed by atoms with van der Waals surface area (Å²) in [5.41, 5.74) is 4.62. The number of aromatic carboxylic acids is 1. The molecule has 2 aromatic rings. The number of carbonyl (C=O) groups is 1. The van der Waals surface area contributed by atoms with Crippen LogP contribution >= 0.6 is 0 Å². The van der Waals surface area contributed by atoms with E-state index in [4.69, 9.17) is 5.11 Å². The fourth-order valence-corrected chi connectivity index (χ4v) is 4.19. The Morgan fingerprint density at radius 3 is 1.81 bits per heavy atom. The van der Waals surface area contributed by atoms with E-state index in [1.54, 1.807) is 12.1 Å². The molecule has 0 atom stereocenters. The lowest BCUT2D eigenvalue weighted by Gasteiger charge is -2.29. The number of unbranched alkanes of at least 4 members (excludes halogenated alkanes) is 2. The molecule has 2 aromatic carbocycles. The number of hydrogen-bond donors (Lipinski definition) is 1. The fraction of sp³-hybridized carbons (Fsp3) is 0.458. The van der Waals surface area contributed by atoms with E-state index in [-0.39, 0.29) is 0 Å². The minimum Gasteiger partial charge on any atom is -0.478 e. The van der Waals surface area contributed by atoms with Gasteiger partial charge in [-0.05, 0) is 79.2 Å². The second-order valence-electron chi connectivity index (χ2n) is 7.67. The van der Waals surface area contributed by atoms with Gasteiger partial charge in [0.25, 0.3) is 0 Å². The monoisotopic (exact) mass is 350 g/mol. The Hall–Kier alpha value is -2.09. The minimum absolute atomic E-state index is 0.376. The van der Waals surface area contributed by atoms with Crippen molar-refractivity contribution in [2.75, 3.05) is 0 Å². The summed E-state index contributed by atoms with van der Waals surface area (Å²) in [4.78, 5) is 11.0. The first-order valence-electron chi connectivity index (χ1n) is 10.1. The van der Waals surface area contributed by atoms with E-state index in [2.05, 4.69) is 31.2 Å². The Morgan fingerprint density at radius 1 is 0.846 bits per heavy atom. The zero-order valence-corrected chi connectivity index (χ0v) is 15.8. The third-order valence-electron chi connectivity index (χ3n) is 5.88. The molecule has 0 bridgehead atoms. The van der Waals surface area contributed by atoms with Crippen molar-refractivity contribution in [1.29, 1.82) is 0 Å². The number of benzene rings is 2. The molecule has 26 heavy (non-hydrogen) atoms. The Morgan fingerprint density at radius 2 is 1.35 bits per heavy atom. The third-order valence-corrected chi connectivity index (χ3v) is 5.88. The van der Waals surface area contributed by atoms with Gasteiger partial charge in [0.05, 0.1) is 5.56 Å². The minimum atomic E-state index is -0.849. The van der Waals surface area contributed by atoms with Crippen LogP contribution < -0.4 is 0 Å². The maximum Gasteiger partial charge on any atom is 0.335 e. The van der Waals surface area contributed by atoms with Crippen LogP contribution in [0.5, 0.6) is 0 Å².